The van der Waals surface area contributed by atoms with Crippen LogP contribution in [0.15, 0.2) is 48.5 Å². The second kappa shape index (κ2) is 8.86. The van der Waals surface area contributed by atoms with E-state index in [2.05, 4.69) is 0 Å². The van der Waals surface area contributed by atoms with Crippen molar-refractivity contribution < 1.29 is 24.0 Å². The van der Waals surface area contributed by atoms with Crippen LogP contribution in [0.5, 0.6) is 5.75 Å². The fraction of sp³-hybridized carbons (Fsp3) is 0.364. The number of fused-ring (bicyclic) bond motifs is 1. The van der Waals surface area contributed by atoms with Crippen molar-refractivity contribution in [3.63, 3.8) is 0 Å². The van der Waals surface area contributed by atoms with Gasteiger partial charge in [0.05, 0.1) is 18.9 Å². The number of carbonyl (C=O) groups is 2. The second-order valence-electron chi connectivity index (χ2n) is 7.08. The highest BCUT2D eigenvalue weighted by atomic mass is 16.6. The minimum absolute atomic E-state index is 0.0468. The van der Waals surface area contributed by atoms with E-state index < -0.39 is 29.0 Å². The summed E-state index contributed by atoms with van der Waals surface area (Å²) >= 11 is 0. The lowest BCUT2D eigenvalue weighted by Gasteiger charge is -2.34. The molecular weight excluding hydrogens is 374 g/mol. The Kier molecular flexibility index (Phi) is 6.26. The summed E-state index contributed by atoms with van der Waals surface area (Å²) in [6.07, 6.45) is -1.30. The molecule has 0 saturated heterocycles. The molecule has 3 atom stereocenters. The van der Waals surface area contributed by atoms with Crippen LogP contribution in [0.2, 0.25) is 0 Å². The lowest BCUT2D eigenvalue weighted by atomic mass is 9.80. The van der Waals surface area contributed by atoms with Crippen molar-refractivity contribution in [3.05, 3.63) is 75.3 Å². The fourth-order valence-corrected chi connectivity index (χ4v) is 3.74. The molecule has 1 aliphatic rings. The Morgan fingerprint density at radius 3 is 2.52 bits per heavy atom. The summed E-state index contributed by atoms with van der Waals surface area (Å²) in [4.78, 5) is 36.4. The van der Waals surface area contributed by atoms with Gasteiger partial charge in [0.25, 0.3) is 6.04 Å². The van der Waals surface area contributed by atoms with Crippen LogP contribution in [0.4, 0.5) is 0 Å². The maximum atomic E-state index is 12.9. The Morgan fingerprint density at radius 2 is 1.86 bits per heavy atom. The van der Waals surface area contributed by atoms with Gasteiger partial charge in [-0.25, -0.2) is 0 Å². The van der Waals surface area contributed by atoms with E-state index in [1.165, 1.54) is 0 Å². The zero-order valence-electron chi connectivity index (χ0n) is 16.4. The van der Waals surface area contributed by atoms with Gasteiger partial charge in [-0.2, -0.15) is 0 Å². The molecule has 7 heteroatoms. The number of hydrogen-bond acceptors (Lipinski definition) is 6. The summed E-state index contributed by atoms with van der Waals surface area (Å²) in [6.45, 7) is 3.73. The van der Waals surface area contributed by atoms with Crippen molar-refractivity contribution in [1.82, 2.24) is 0 Å². The molecule has 0 N–H and O–H groups in total. The molecule has 0 amide bonds. The fourth-order valence-electron chi connectivity index (χ4n) is 3.74. The number of nitro groups is 1. The summed E-state index contributed by atoms with van der Waals surface area (Å²) in [5.41, 5.74) is 2.03. The molecule has 0 saturated carbocycles. The van der Waals surface area contributed by atoms with E-state index in [0.717, 1.165) is 5.56 Å². The quantitative estimate of drug-likeness (QED) is 0.306. The first-order valence-electron chi connectivity index (χ1n) is 9.55. The van der Waals surface area contributed by atoms with Crippen molar-refractivity contribution in [2.75, 3.05) is 6.61 Å². The Hall–Kier alpha value is -3.22. The Balaban J connectivity index is 1.98. The molecule has 0 fully saturated rings. The van der Waals surface area contributed by atoms with Gasteiger partial charge >= 0.3 is 5.97 Å². The average molecular weight is 397 g/mol. The molecule has 0 spiro atoms. The average Bonchev–Trinajstić information content (AvgIpc) is 2.69. The van der Waals surface area contributed by atoms with E-state index in [4.69, 9.17) is 9.47 Å². The molecule has 0 bridgehead atoms. The molecule has 3 rings (SSSR count). The van der Waals surface area contributed by atoms with Crippen molar-refractivity contribution in [2.45, 2.75) is 44.8 Å². The van der Waals surface area contributed by atoms with Crippen molar-refractivity contribution in [3.8, 4) is 5.75 Å². The van der Waals surface area contributed by atoms with Gasteiger partial charge < -0.3 is 9.47 Å². The van der Waals surface area contributed by atoms with E-state index in [1.54, 1.807) is 43.3 Å². The van der Waals surface area contributed by atoms with Crippen molar-refractivity contribution in [1.29, 1.82) is 0 Å². The van der Waals surface area contributed by atoms with Crippen LogP contribution >= 0.6 is 0 Å². The van der Waals surface area contributed by atoms with Crippen LogP contribution in [0, 0.1) is 17.0 Å². The maximum absolute atomic E-state index is 12.9. The highest BCUT2D eigenvalue weighted by Crippen LogP contribution is 2.41. The normalized spacial score (nSPS) is 20.3. The number of rotatable bonds is 7. The molecule has 2 aromatic rings. The van der Waals surface area contributed by atoms with Crippen LogP contribution in [-0.4, -0.2) is 35.4 Å². The maximum Gasteiger partial charge on any atom is 0.309 e. The first kappa shape index (κ1) is 20.5. The number of esters is 1. The summed E-state index contributed by atoms with van der Waals surface area (Å²) < 4.78 is 10.8. The number of Topliss-reactive ketones (excluding diaryl/α,β-unsaturated/α-hetero) is 1. The third-order valence-corrected chi connectivity index (χ3v) is 5.05. The van der Waals surface area contributed by atoms with Crippen LogP contribution in [0.25, 0.3) is 0 Å². The number of ether oxygens (including phenoxy) is 2. The highest BCUT2D eigenvalue weighted by Gasteiger charge is 2.48. The minimum Gasteiger partial charge on any atom is -0.482 e. The van der Waals surface area contributed by atoms with Crippen LogP contribution in [-0.2, 0) is 9.53 Å². The van der Waals surface area contributed by atoms with Gasteiger partial charge in [0.1, 0.15) is 5.75 Å². The number of benzene rings is 2. The van der Waals surface area contributed by atoms with Crippen LogP contribution in [0.3, 0.4) is 0 Å². The topological polar surface area (TPSA) is 95.7 Å². The number of carbonyl (C=O) groups excluding carboxylic acids is 2. The lowest BCUT2D eigenvalue weighted by molar-refractivity contribution is -0.538. The Bertz CT molecular complexity index is 911. The third-order valence-electron chi connectivity index (χ3n) is 5.05. The Labute approximate surface area is 168 Å². The molecular formula is C22H23NO6. The van der Waals surface area contributed by atoms with E-state index in [1.807, 2.05) is 19.1 Å². The lowest BCUT2D eigenvalue weighted by Crippen LogP contribution is -2.47. The molecule has 152 valence electrons. The highest BCUT2D eigenvalue weighted by molar-refractivity contribution is 5.96. The molecule has 0 aliphatic carbocycles. The van der Waals surface area contributed by atoms with Gasteiger partial charge in [0.2, 0.25) is 0 Å². The molecule has 1 aliphatic heterocycles. The number of ketones is 1. The predicted octanol–water partition coefficient (Wildman–Crippen LogP) is 3.71. The summed E-state index contributed by atoms with van der Waals surface area (Å²) in [6, 6.07) is 12.8. The molecule has 7 nitrogen and oxygen atoms in total. The van der Waals surface area contributed by atoms with Crippen LogP contribution < -0.4 is 4.74 Å². The van der Waals surface area contributed by atoms with Gasteiger partial charge in [-0.15, -0.1) is 0 Å². The van der Waals surface area contributed by atoms with E-state index in [9.17, 15) is 19.7 Å². The zero-order chi connectivity index (χ0) is 21.0. The van der Waals surface area contributed by atoms with Gasteiger partial charge in [0, 0.05) is 22.5 Å². The number of hydrogen-bond donors (Lipinski definition) is 0. The molecule has 1 heterocycles. The molecule has 0 unspecified atom stereocenters. The standard InChI is InChI=1S/C22H23NO6/c1-3-28-21(25)13-20-22(23(26)27)17(12-18(24)15-7-5-4-6-8-15)16-11-14(2)9-10-19(16)29-20/h4-11,17,20,22H,3,12-13H2,1-2H3/t17-,20+,22+/m1/s1. The predicted molar refractivity (Wildman–Crippen MR) is 106 cm³/mol. The van der Waals surface area contributed by atoms with Gasteiger partial charge in [0.15, 0.2) is 11.9 Å². The first-order valence-corrected chi connectivity index (χ1v) is 9.55. The van der Waals surface area contributed by atoms with Crippen molar-refractivity contribution in [2.24, 2.45) is 0 Å². The largest absolute Gasteiger partial charge is 0.482 e. The zero-order valence-corrected chi connectivity index (χ0v) is 16.4. The monoisotopic (exact) mass is 397 g/mol. The molecule has 0 radical (unpaired) electrons. The van der Waals surface area contributed by atoms with Gasteiger partial charge in [-0.05, 0) is 19.9 Å². The summed E-state index contributed by atoms with van der Waals surface area (Å²) in [7, 11) is 0. The molecule has 2 aromatic carbocycles. The van der Waals surface area contributed by atoms with Gasteiger partial charge in [-0.3, -0.25) is 19.7 Å². The van der Waals surface area contributed by atoms with E-state index in [0.29, 0.717) is 16.9 Å². The minimum atomic E-state index is -1.23. The molecule has 29 heavy (non-hydrogen) atoms. The second-order valence-corrected chi connectivity index (χ2v) is 7.08. The van der Waals surface area contributed by atoms with E-state index in [-0.39, 0.29) is 25.2 Å². The Morgan fingerprint density at radius 1 is 1.14 bits per heavy atom. The molecule has 0 aromatic heterocycles. The summed E-state index contributed by atoms with van der Waals surface area (Å²) in [5, 5.41) is 12.0. The number of aryl methyl sites for hydroxylation is 1. The van der Waals surface area contributed by atoms with Crippen molar-refractivity contribution >= 4 is 11.8 Å². The third kappa shape index (κ3) is 4.62. The van der Waals surface area contributed by atoms with Gasteiger partial charge in [-0.1, -0.05) is 48.0 Å². The smallest absolute Gasteiger partial charge is 0.309 e. The SMILES string of the molecule is CCOC(=O)C[C@@H]1Oc2ccc(C)cc2[C@@H](CC(=O)c2ccccc2)[C@@H]1[N+](=O)[O-]. The summed E-state index contributed by atoms with van der Waals surface area (Å²) in [5.74, 6) is -0.991. The first-order chi connectivity index (χ1) is 13.9. The number of nitrogens with zero attached hydrogens (tertiary/aromatic N) is 1. The van der Waals surface area contributed by atoms with E-state index >= 15 is 0 Å². The van der Waals surface area contributed by atoms with Crippen LogP contribution in [0.1, 0.15) is 47.2 Å².